The molecule has 1 aliphatic heterocycles. The number of ether oxygens (including phenoxy) is 1. The van der Waals surface area contributed by atoms with Crippen molar-refractivity contribution in [2.45, 2.75) is 12.5 Å². The van der Waals surface area contributed by atoms with Gasteiger partial charge in [0, 0.05) is 19.7 Å². The standard InChI is InChI=1S/C9H14N4O/c1-13-4-2-8(12-13)9(11-10)7-3-5-14-6-7/h2,4,6,9,11H,3,5,10H2,1H3. The average molecular weight is 194 g/mol. The lowest BCUT2D eigenvalue weighted by Crippen LogP contribution is -2.29. The Kier molecular flexibility index (Phi) is 2.51. The highest BCUT2D eigenvalue weighted by Crippen LogP contribution is 2.25. The van der Waals surface area contributed by atoms with Crippen LogP contribution in [0.2, 0.25) is 0 Å². The number of hydrazine groups is 1. The molecule has 0 radical (unpaired) electrons. The van der Waals surface area contributed by atoms with Crippen LogP contribution in [0.15, 0.2) is 24.1 Å². The first kappa shape index (κ1) is 9.23. The minimum absolute atomic E-state index is 0.0290. The maximum Gasteiger partial charge on any atom is 0.0912 e. The zero-order valence-corrected chi connectivity index (χ0v) is 8.10. The van der Waals surface area contributed by atoms with E-state index < -0.39 is 0 Å². The number of aromatic nitrogens is 2. The third-order valence-corrected chi connectivity index (χ3v) is 2.31. The van der Waals surface area contributed by atoms with Crippen molar-refractivity contribution in [1.29, 1.82) is 0 Å². The first-order chi connectivity index (χ1) is 6.81. The number of aryl methyl sites for hydroxylation is 1. The predicted octanol–water partition coefficient (Wildman–Crippen LogP) is 0.229. The summed E-state index contributed by atoms with van der Waals surface area (Å²) in [6, 6.07) is 1.92. The molecule has 0 fully saturated rings. The van der Waals surface area contributed by atoms with Gasteiger partial charge in [-0.15, -0.1) is 0 Å². The zero-order valence-electron chi connectivity index (χ0n) is 8.10. The summed E-state index contributed by atoms with van der Waals surface area (Å²) in [6.45, 7) is 0.736. The van der Waals surface area contributed by atoms with Gasteiger partial charge >= 0.3 is 0 Å². The molecule has 0 spiro atoms. The predicted molar refractivity (Wildman–Crippen MR) is 51.9 cm³/mol. The van der Waals surface area contributed by atoms with E-state index in [2.05, 4.69) is 10.5 Å². The van der Waals surface area contributed by atoms with Crippen LogP contribution in [0.25, 0.3) is 0 Å². The van der Waals surface area contributed by atoms with E-state index in [4.69, 9.17) is 10.6 Å². The van der Waals surface area contributed by atoms with Crippen molar-refractivity contribution in [3.63, 3.8) is 0 Å². The van der Waals surface area contributed by atoms with Crippen LogP contribution >= 0.6 is 0 Å². The second-order valence-electron chi connectivity index (χ2n) is 3.33. The summed E-state index contributed by atoms with van der Waals surface area (Å²) in [7, 11) is 1.89. The Morgan fingerprint density at radius 2 is 2.57 bits per heavy atom. The molecule has 0 aliphatic carbocycles. The van der Waals surface area contributed by atoms with Crippen molar-refractivity contribution in [2.24, 2.45) is 12.9 Å². The van der Waals surface area contributed by atoms with Gasteiger partial charge in [-0.05, 0) is 11.6 Å². The first-order valence-electron chi connectivity index (χ1n) is 4.57. The Morgan fingerprint density at radius 1 is 1.71 bits per heavy atom. The van der Waals surface area contributed by atoms with Crippen molar-refractivity contribution >= 4 is 0 Å². The van der Waals surface area contributed by atoms with E-state index in [0.717, 1.165) is 24.3 Å². The van der Waals surface area contributed by atoms with Gasteiger partial charge in [-0.3, -0.25) is 10.5 Å². The van der Waals surface area contributed by atoms with E-state index >= 15 is 0 Å². The Morgan fingerprint density at radius 3 is 3.07 bits per heavy atom. The number of nitrogens with zero attached hydrogens (tertiary/aromatic N) is 2. The molecule has 1 unspecified atom stereocenters. The number of hydrogen-bond donors (Lipinski definition) is 2. The molecule has 2 heterocycles. The highest BCUT2D eigenvalue weighted by Gasteiger charge is 2.20. The van der Waals surface area contributed by atoms with E-state index in [1.165, 1.54) is 0 Å². The van der Waals surface area contributed by atoms with E-state index in [1.807, 2.05) is 19.3 Å². The number of hydrogen-bond acceptors (Lipinski definition) is 4. The summed E-state index contributed by atoms with van der Waals surface area (Å²) in [6.07, 6.45) is 4.57. The second kappa shape index (κ2) is 3.81. The largest absolute Gasteiger partial charge is 0.501 e. The van der Waals surface area contributed by atoms with Crippen molar-refractivity contribution in [3.05, 3.63) is 29.8 Å². The topological polar surface area (TPSA) is 65.1 Å². The lowest BCUT2D eigenvalue weighted by Gasteiger charge is -2.12. The molecule has 76 valence electrons. The Balaban J connectivity index is 2.20. The molecular weight excluding hydrogens is 180 g/mol. The molecule has 1 aromatic rings. The molecule has 0 amide bonds. The third-order valence-electron chi connectivity index (χ3n) is 2.31. The first-order valence-corrected chi connectivity index (χ1v) is 4.57. The Bertz CT molecular complexity index is 344. The van der Waals surface area contributed by atoms with Crippen molar-refractivity contribution in [1.82, 2.24) is 15.2 Å². The molecule has 3 N–H and O–H groups in total. The Labute approximate surface area is 82.5 Å². The third kappa shape index (κ3) is 1.64. The van der Waals surface area contributed by atoms with Gasteiger partial charge in [0.15, 0.2) is 0 Å². The molecule has 5 nitrogen and oxygen atoms in total. The van der Waals surface area contributed by atoms with Crippen LogP contribution in [0, 0.1) is 0 Å². The van der Waals surface area contributed by atoms with Gasteiger partial charge in [0.2, 0.25) is 0 Å². The van der Waals surface area contributed by atoms with Gasteiger partial charge in [-0.25, -0.2) is 5.43 Å². The van der Waals surface area contributed by atoms with Crippen LogP contribution in [-0.4, -0.2) is 16.4 Å². The van der Waals surface area contributed by atoms with Crippen LogP contribution in [0.5, 0.6) is 0 Å². The summed E-state index contributed by atoms with van der Waals surface area (Å²) in [4.78, 5) is 0. The van der Waals surface area contributed by atoms with E-state index in [9.17, 15) is 0 Å². The van der Waals surface area contributed by atoms with Crippen molar-refractivity contribution in [2.75, 3.05) is 6.61 Å². The molecule has 2 rings (SSSR count). The molecule has 0 aromatic carbocycles. The van der Waals surface area contributed by atoms with Crippen LogP contribution in [0.4, 0.5) is 0 Å². The smallest absolute Gasteiger partial charge is 0.0912 e. The molecule has 14 heavy (non-hydrogen) atoms. The second-order valence-corrected chi connectivity index (χ2v) is 3.33. The number of nitrogens with two attached hydrogens (primary N) is 1. The summed E-state index contributed by atoms with van der Waals surface area (Å²) >= 11 is 0. The summed E-state index contributed by atoms with van der Waals surface area (Å²) < 4.78 is 6.94. The molecule has 1 aromatic heterocycles. The minimum Gasteiger partial charge on any atom is -0.501 e. The SMILES string of the molecule is Cn1ccc(C(NN)C2=COCC2)n1. The fourth-order valence-electron chi connectivity index (χ4n) is 1.58. The van der Waals surface area contributed by atoms with Gasteiger partial charge in [0.1, 0.15) is 0 Å². The zero-order chi connectivity index (χ0) is 9.97. The lowest BCUT2D eigenvalue weighted by atomic mass is 10.0. The average Bonchev–Trinajstić information content (AvgIpc) is 2.79. The minimum atomic E-state index is -0.0290. The highest BCUT2D eigenvalue weighted by atomic mass is 16.5. The van der Waals surface area contributed by atoms with E-state index in [1.54, 1.807) is 10.9 Å². The van der Waals surface area contributed by atoms with Gasteiger partial charge in [-0.2, -0.15) is 5.10 Å². The number of nitrogens with one attached hydrogen (secondary N) is 1. The monoisotopic (exact) mass is 194 g/mol. The lowest BCUT2D eigenvalue weighted by molar-refractivity contribution is 0.281. The summed E-state index contributed by atoms with van der Waals surface area (Å²) in [5.74, 6) is 5.50. The fraction of sp³-hybridized carbons (Fsp3) is 0.444. The molecule has 0 bridgehead atoms. The van der Waals surface area contributed by atoms with Crippen molar-refractivity contribution in [3.8, 4) is 0 Å². The van der Waals surface area contributed by atoms with Crippen LogP contribution in [-0.2, 0) is 11.8 Å². The normalized spacial score (nSPS) is 17.7. The van der Waals surface area contributed by atoms with Gasteiger partial charge < -0.3 is 4.74 Å². The van der Waals surface area contributed by atoms with Gasteiger partial charge in [0.05, 0.1) is 24.6 Å². The van der Waals surface area contributed by atoms with E-state index in [-0.39, 0.29) is 6.04 Å². The van der Waals surface area contributed by atoms with Crippen LogP contribution < -0.4 is 11.3 Å². The quantitative estimate of drug-likeness (QED) is 0.534. The van der Waals surface area contributed by atoms with Gasteiger partial charge in [-0.1, -0.05) is 0 Å². The van der Waals surface area contributed by atoms with Crippen LogP contribution in [0.3, 0.4) is 0 Å². The van der Waals surface area contributed by atoms with E-state index in [0.29, 0.717) is 0 Å². The van der Waals surface area contributed by atoms with Crippen molar-refractivity contribution < 1.29 is 4.74 Å². The molecule has 0 saturated carbocycles. The van der Waals surface area contributed by atoms with Crippen LogP contribution in [0.1, 0.15) is 18.2 Å². The molecule has 1 atom stereocenters. The maximum atomic E-state index is 5.50. The Hall–Kier alpha value is -1.33. The maximum absolute atomic E-state index is 5.50. The molecular formula is C9H14N4O. The number of rotatable bonds is 3. The summed E-state index contributed by atoms with van der Waals surface area (Å²) in [5.41, 5.74) is 4.82. The van der Waals surface area contributed by atoms with Gasteiger partial charge in [0.25, 0.3) is 0 Å². The summed E-state index contributed by atoms with van der Waals surface area (Å²) in [5, 5.41) is 4.30. The molecule has 5 heteroatoms. The molecule has 1 aliphatic rings. The highest BCUT2D eigenvalue weighted by molar-refractivity contribution is 5.21. The fourth-order valence-corrected chi connectivity index (χ4v) is 1.58. The molecule has 0 saturated heterocycles.